The van der Waals surface area contributed by atoms with E-state index < -0.39 is 10.0 Å². The molecule has 1 heterocycles. The second kappa shape index (κ2) is 9.58. The number of benzene rings is 2. The Balaban J connectivity index is 1.42. The van der Waals surface area contributed by atoms with Gasteiger partial charge in [-0.25, -0.2) is 13.1 Å². The van der Waals surface area contributed by atoms with Gasteiger partial charge in [0, 0.05) is 29.2 Å². The van der Waals surface area contributed by atoms with Gasteiger partial charge in [-0.2, -0.15) is 0 Å². The molecule has 2 aromatic rings. The number of rotatable bonds is 7. The van der Waals surface area contributed by atoms with Crippen molar-refractivity contribution >= 4 is 33.2 Å². The molecule has 7 heteroatoms. The fourth-order valence-corrected chi connectivity index (χ4v) is 6.63. The summed E-state index contributed by atoms with van der Waals surface area (Å²) in [7, 11) is -3.24. The van der Waals surface area contributed by atoms with Gasteiger partial charge in [0.25, 0.3) is 0 Å². The van der Waals surface area contributed by atoms with Crippen molar-refractivity contribution in [1.82, 2.24) is 9.62 Å². The SMILES string of the molecule is O=S(=O)(CC1CCCCC1)NC1CN(C(c2ccc(Cl)cc2)c2ccc(Cl)cc2)C1. The minimum atomic E-state index is -3.24. The second-order valence-corrected chi connectivity index (χ2v) is 11.2. The molecule has 0 unspecified atom stereocenters. The summed E-state index contributed by atoms with van der Waals surface area (Å²) in [5, 5.41) is 1.40. The Morgan fingerprint density at radius 3 is 1.87 bits per heavy atom. The monoisotopic (exact) mass is 466 g/mol. The Kier molecular flexibility index (Phi) is 7.05. The summed E-state index contributed by atoms with van der Waals surface area (Å²) in [6, 6.07) is 15.7. The van der Waals surface area contributed by atoms with Crippen LogP contribution < -0.4 is 4.72 Å². The van der Waals surface area contributed by atoms with Gasteiger partial charge in [-0.05, 0) is 54.2 Å². The lowest BCUT2D eigenvalue weighted by Crippen LogP contribution is -2.60. The molecule has 0 amide bonds. The lowest BCUT2D eigenvalue weighted by molar-refractivity contribution is 0.105. The average molecular weight is 467 g/mol. The summed E-state index contributed by atoms with van der Waals surface area (Å²) in [6.45, 7) is 1.36. The predicted molar refractivity (Wildman–Crippen MR) is 124 cm³/mol. The van der Waals surface area contributed by atoms with Crippen LogP contribution in [0.1, 0.15) is 49.3 Å². The second-order valence-electron chi connectivity index (χ2n) is 8.56. The van der Waals surface area contributed by atoms with Crippen LogP contribution in [0.25, 0.3) is 0 Å². The largest absolute Gasteiger partial charge is 0.289 e. The maximum absolute atomic E-state index is 12.6. The van der Waals surface area contributed by atoms with Crippen LogP contribution in [0.3, 0.4) is 0 Å². The summed E-state index contributed by atoms with van der Waals surface area (Å²) >= 11 is 12.2. The molecule has 4 rings (SSSR count). The molecule has 2 fully saturated rings. The Bertz CT molecular complexity index is 891. The molecule has 1 aliphatic heterocycles. The van der Waals surface area contributed by atoms with Crippen molar-refractivity contribution in [3.05, 3.63) is 69.7 Å². The van der Waals surface area contributed by atoms with Crippen LogP contribution in [0, 0.1) is 5.92 Å². The first-order valence-electron chi connectivity index (χ1n) is 10.6. The Hall–Kier alpha value is -1.11. The number of halogens is 2. The third-order valence-electron chi connectivity index (χ3n) is 6.17. The molecule has 1 saturated heterocycles. The quantitative estimate of drug-likeness (QED) is 0.604. The molecule has 1 saturated carbocycles. The van der Waals surface area contributed by atoms with Gasteiger partial charge < -0.3 is 0 Å². The molecular formula is C23H28Cl2N2O2S. The van der Waals surface area contributed by atoms with Crippen LogP contribution in [0.15, 0.2) is 48.5 Å². The van der Waals surface area contributed by atoms with Crippen molar-refractivity contribution in [2.24, 2.45) is 5.92 Å². The van der Waals surface area contributed by atoms with Crippen molar-refractivity contribution in [3.8, 4) is 0 Å². The van der Waals surface area contributed by atoms with E-state index in [0.717, 1.165) is 36.8 Å². The van der Waals surface area contributed by atoms with Crippen LogP contribution in [0.2, 0.25) is 10.0 Å². The zero-order chi connectivity index (χ0) is 21.1. The smallest absolute Gasteiger partial charge is 0.212 e. The molecular weight excluding hydrogens is 439 g/mol. The predicted octanol–water partition coefficient (Wildman–Crippen LogP) is 5.27. The lowest BCUT2D eigenvalue weighted by atomic mass is 9.91. The molecule has 1 N–H and O–H groups in total. The van der Waals surface area contributed by atoms with Crippen LogP contribution in [0.5, 0.6) is 0 Å². The van der Waals surface area contributed by atoms with E-state index >= 15 is 0 Å². The average Bonchev–Trinajstić information content (AvgIpc) is 2.69. The fourth-order valence-electron chi connectivity index (χ4n) is 4.67. The highest BCUT2D eigenvalue weighted by Crippen LogP contribution is 2.34. The molecule has 1 aliphatic carbocycles. The van der Waals surface area contributed by atoms with Crippen LogP contribution in [-0.4, -0.2) is 38.2 Å². The van der Waals surface area contributed by atoms with E-state index in [4.69, 9.17) is 23.2 Å². The van der Waals surface area contributed by atoms with Gasteiger partial charge in [-0.15, -0.1) is 0 Å². The summed E-state index contributed by atoms with van der Waals surface area (Å²) in [5.41, 5.74) is 2.26. The van der Waals surface area contributed by atoms with Crippen LogP contribution >= 0.6 is 23.2 Å². The topological polar surface area (TPSA) is 49.4 Å². The molecule has 0 aromatic heterocycles. The van der Waals surface area contributed by atoms with Crippen molar-refractivity contribution in [2.45, 2.75) is 44.2 Å². The summed E-state index contributed by atoms with van der Waals surface area (Å²) in [6.07, 6.45) is 5.61. The Morgan fingerprint density at radius 1 is 0.867 bits per heavy atom. The maximum Gasteiger partial charge on any atom is 0.212 e. The molecule has 162 valence electrons. The van der Waals surface area contributed by atoms with Gasteiger partial charge in [0.1, 0.15) is 0 Å². The Morgan fingerprint density at radius 2 is 1.37 bits per heavy atom. The number of nitrogens with zero attached hydrogens (tertiary/aromatic N) is 1. The normalized spacial score (nSPS) is 19.2. The highest BCUT2D eigenvalue weighted by Gasteiger charge is 2.36. The third kappa shape index (κ3) is 5.57. The van der Waals surface area contributed by atoms with E-state index in [-0.39, 0.29) is 17.8 Å². The number of nitrogens with one attached hydrogen (secondary N) is 1. The Labute approximate surface area is 189 Å². The minimum absolute atomic E-state index is 0.0404. The van der Waals surface area contributed by atoms with Crippen molar-refractivity contribution in [1.29, 1.82) is 0 Å². The van der Waals surface area contributed by atoms with Crippen molar-refractivity contribution in [2.75, 3.05) is 18.8 Å². The van der Waals surface area contributed by atoms with Crippen LogP contribution in [-0.2, 0) is 10.0 Å². The number of sulfonamides is 1. The first-order valence-corrected chi connectivity index (χ1v) is 13.1. The van der Waals surface area contributed by atoms with Gasteiger partial charge in [0.2, 0.25) is 10.0 Å². The van der Waals surface area contributed by atoms with E-state index in [1.807, 2.05) is 48.5 Å². The number of likely N-dealkylation sites (tertiary alicyclic amines) is 1. The summed E-state index contributed by atoms with van der Waals surface area (Å²) < 4.78 is 28.2. The highest BCUT2D eigenvalue weighted by atomic mass is 35.5. The molecule has 2 aromatic carbocycles. The van der Waals surface area contributed by atoms with Gasteiger partial charge in [-0.3, -0.25) is 4.90 Å². The molecule has 4 nitrogen and oxygen atoms in total. The number of hydrogen-bond donors (Lipinski definition) is 1. The van der Waals surface area contributed by atoms with E-state index in [0.29, 0.717) is 29.1 Å². The third-order valence-corrected chi connectivity index (χ3v) is 8.28. The van der Waals surface area contributed by atoms with Gasteiger partial charge in [0.05, 0.1) is 11.8 Å². The molecule has 30 heavy (non-hydrogen) atoms. The number of hydrogen-bond acceptors (Lipinski definition) is 3. The molecule has 0 bridgehead atoms. The van der Waals surface area contributed by atoms with E-state index in [1.165, 1.54) is 6.42 Å². The molecule has 0 radical (unpaired) electrons. The van der Waals surface area contributed by atoms with Crippen molar-refractivity contribution < 1.29 is 8.42 Å². The van der Waals surface area contributed by atoms with E-state index in [9.17, 15) is 8.42 Å². The first kappa shape index (κ1) is 22.1. The fraction of sp³-hybridized carbons (Fsp3) is 0.478. The first-order chi connectivity index (χ1) is 14.4. The summed E-state index contributed by atoms with van der Waals surface area (Å²) in [5.74, 6) is 0.574. The van der Waals surface area contributed by atoms with Gasteiger partial charge in [0.15, 0.2) is 0 Å². The lowest BCUT2D eigenvalue weighted by Gasteiger charge is -2.45. The zero-order valence-electron chi connectivity index (χ0n) is 16.9. The molecule has 0 spiro atoms. The van der Waals surface area contributed by atoms with E-state index in [1.54, 1.807) is 0 Å². The molecule has 2 aliphatic rings. The minimum Gasteiger partial charge on any atom is -0.289 e. The zero-order valence-corrected chi connectivity index (χ0v) is 19.3. The highest BCUT2D eigenvalue weighted by molar-refractivity contribution is 7.89. The van der Waals surface area contributed by atoms with Gasteiger partial charge in [-0.1, -0.05) is 66.7 Å². The summed E-state index contributed by atoms with van der Waals surface area (Å²) in [4.78, 5) is 2.29. The van der Waals surface area contributed by atoms with Crippen LogP contribution in [0.4, 0.5) is 0 Å². The van der Waals surface area contributed by atoms with Crippen molar-refractivity contribution in [3.63, 3.8) is 0 Å². The maximum atomic E-state index is 12.6. The van der Waals surface area contributed by atoms with E-state index in [2.05, 4.69) is 9.62 Å². The standard InChI is InChI=1S/C23H28Cl2N2O2S/c24-20-10-6-18(7-11-20)23(19-8-12-21(25)13-9-19)27-14-22(15-27)26-30(28,29)16-17-4-2-1-3-5-17/h6-13,17,22-23,26H,1-5,14-16H2. The van der Waals surface area contributed by atoms with Gasteiger partial charge >= 0.3 is 0 Å². The molecule has 0 atom stereocenters.